The van der Waals surface area contributed by atoms with Crippen molar-refractivity contribution in [2.75, 3.05) is 5.32 Å². The van der Waals surface area contributed by atoms with Crippen LogP contribution < -0.4 is 5.32 Å². The van der Waals surface area contributed by atoms with Gasteiger partial charge in [0.15, 0.2) is 0 Å². The summed E-state index contributed by atoms with van der Waals surface area (Å²) in [5, 5.41) is 10.4. The predicted octanol–water partition coefficient (Wildman–Crippen LogP) is 2.76. The quantitative estimate of drug-likeness (QED) is 0.754. The molecule has 2 heterocycles. The third kappa shape index (κ3) is 1.00. The molecule has 0 saturated heterocycles. The molecule has 0 bridgehead atoms. The lowest BCUT2D eigenvalue weighted by atomic mass is 10.0. The summed E-state index contributed by atoms with van der Waals surface area (Å²) < 4.78 is 1.09. The number of H-pyrrole nitrogens is 1. The molecule has 0 spiro atoms. The maximum Gasteiger partial charge on any atom is 0.0721 e. The van der Waals surface area contributed by atoms with Crippen LogP contribution in [-0.2, 0) is 6.54 Å². The number of benzene rings is 1. The van der Waals surface area contributed by atoms with Gasteiger partial charge in [-0.3, -0.25) is 5.10 Å². The normalized spacial score (nSPS) is 12.9. The van der Waals surface area contributed by atoms with Gasteiger partial charge in [0, 0.05) is 22.1 Å². The predicted molar refractivity (Wildman–Crippen MR) is 59.1 cm³/mol. The van der Waals surface area contributed by atoms with E-state index in [1.54, 1.807) is 0 Å². The first-order valence-corrected chi connectivity index (χ1v) is 5.20. The topological polar surface area (TPSA) is 40.7 Å². The van der Waals surface area contributed by atoms with Crippen molar-refractivity contribution in [3.05, 3.63) is 34.4 Å². The number of rotatable bonds is 0. The molecule has 1 aliphatic rings. The highest BCUT2D eigenvalue weighted by Gasteiger charge is 2.18. The Morgan fingerprint density at radius 2 is 2.29 bits per heavy atom. The van der Waals surface area contributed by atoms with Gasteiger partial charge >= 0.3 is 0 Å². The van der Waals surface area contributed by atoms with E-state index < -0.39 is 0 Å². The molecule has 0 radical (unpaired) electrons. The van der Waals surface area contributed by atoms with E-state index in [9.17, 15) is 0 Å². The number of anilines is 1. The van der Waals surface area contributed by atoms with Crippen LogP contribution in [0.3, 0.4) is 0 Å². The van der Waals surface area contributed by atoms with Crippen LogP contribution in [0.4, 0.5) is 5.69 Å². The van der Waals surface area contributed by atoms with E-state index >= 15 is 0 Å². The average Bonchev–Trinajstić information content (AvgIpc) is 2.66. The highest BCUT2D eigenvalue weighted by molar-refractivity contribution is 9.10. The summed E-state index contributed by atoms with van der Waals surface area (Å²) in [4.78, 5) is 0. The van der Waals surface area contributed by atoms with Gasteiger partial charge in [-0.05, 0) is 22.0 Å². The van der Waals surface area contributed by atoms with Crippen LogP contribution in [0.5, 0.6) is 0 Å². The second-order valence-corrected chi connectivity index (χ2v) is 4.14. The fourth-order valence-electron chi connectivity index (χ4n) is 1.77. The average molecular weight is 250 g/mol. The molecule has 0 aliphatic carbocycles. The fourth-order valence-corrected chi connectivity index (χ4v) is 2.28. The van der Waals surface area contributed by atoms with Crippen LogP contribution >= 0.6 is 15.9 Å². The monoisotopic (exact) mass is 249 g/mol. The molecule has 1 aromatic heterocycles. The minimum Gasteiger partial charge on any atom is -0.379 e. The van der Waals surface area contributed by atoms with Gasteiger partial charge in [0.05, 0.1) is 17.6 Å². The van der Waals surface area contributed by atoms with Gasteiger partial charge in [-0.25, -0.2) is 0 Å². The van der Waals surface area contributed by atoms with Crippen LogP contribution in [0.25, 0.3) is 11.3 Å². The standard InChI is InChI=1S/C10H8BrN3/c11-8-3-1-2-7-9-6(5-13-14-9)4-12-10(7)8/h1-3,5,12H,4H2,(H,13,14). The second kappa shape index (κ2) is 2.85. The van der Waals surface area contributed by atoms with Crippen molar-refractivity contribution in [2.45, 2.75) is 6.54 Å². The summed E-state index contributed by atoms with van der Waals surface area (Å²) in [6.07, 6.45) is 1.87. The number of halogens is 1. The molecule has 70 valence electrons. The molecule has 2 aromatic rings. The third-order valence-corrected chi connectivity index (χ3v) is 3.12. The van der Waals surface area contributed by atoms with Crippen molar-refractivity contribution in [3.8, 4) is 11.3 Å². The number of hydrogen-bond donors (Lipinski definition) is 2. The van der Waals surface area contributed by atoms with Crippen LogP contribution in [0.1, 0.15) is 5.56 Å². The van der Waals surface area contributed by atoms with Crippen molar-refractivity contribution in [3.63, 3.8) is 0 Å². The number of aromatic amines is 1. The molecule has 0 saturated carbocycles. The molecular formula is C10H8BrN3. The molecule has 4 heteroatoms. The van der Waals surface area contributed by atoms with E-state index in [4.69, 9.17) is 0 Å². The summed E-state index contributed by atoms with van der Waals surface area (Å²) in [5.74, 6) is 0. The zero-order valence-electron chi connectivity index (χ0n) is 7.34. The molecule has 3 nitrogen and oxygen atoms in total. The first kappa shape index (κ1) is 8.05. The van der Waals surface area contributed by atoms with E-state index in [1.165, 1.54) is 11.1 Å². The SMILES string of the molecule is Brc1cccc2c1NCc1cn[nH]c1-2. The molecule has 2 N–H and O–H groups in total. The Kier molecular flexibility index (Phi) is 1.64. The molecule has 0 atom stereocenters. The lowest BCUT2D eigenvalue weighted by Gasteiger charge is -2.18. The Hall–Kier alpha value is -1.29. The van der Waals surface area contributed by atoms with Gasteiger partial charge < -0.3 is 5.32 Å². The zero-order valence-corrected chi connectivity index (χ0v) is 8.93. The Bertz CT molecular complexity index is 490. The Morgan fingerprint density at radius 3 is 3.21 bits per heavy atom. The number of nitrogens with one attached hydrogen (secondary N) is 2. The molecule has 0 fully saturated rings. The molecule has 1 aliphatic heterocycles. The van der Waals surface area contributed by atoms with Crippen molar-refractivity contribution in [1.82, 2.24) is 10.2 Å². The summed E-state index contributed by atoms with van der Waals surface area (Å²) in [7, 11) is 0. The van der Waals surface area contributed by atoms with E-state index in [2.05, 4.69) is 37.5 Å². The summed E-state index contributed by atoms with van der Waals surface area (Å²) >= 11 is 3.53. The lowest BCUT2D eigenvalue weighted by molar-refractivity contribution is 1.09. The van der Waals surface area contributed by atoms with Crippen molar-refractivity contribution >= 4 is 21.6 Å². The number of hydrogen-bond acceptors (Lipinski definition) is 2. The van der Waals surface area contributed by atoms with Crippen molar-refractivity contribution < 1.29 is 0 Å². The van der Waals surface area contributed by atoms with Gasteiger partial charge in [0.2, 0.25) is 0 Å². The smallest absolute Gasteiger partial charge is 0.0721 e. The number of aromatic nitrogens is 2. The fraction of sp³-hybridized carbons (Fsp3) is 0.100. The maximum atomic E-state index is 4.05. The molecule has 1 aromatic carbocycles. The molecule has 3 rings (SSSR count). The minimum atomic E-state index is 0.835. The molecular weight excluding hydrogens is 242 g/mol. The second-order valence-electron chi connectivity index (χ2n) is 3.29. The van der Waals surface area contributed by atoms with E-state index in [0.717, 1.165) is 22.4 Å². The number of fused-ring (bicyclic) bond motifs is 3. The van der Waals surface area contributed by atoms with Crippen LogP contribution in [-0.4, -0.2) is 10.2 Å². The van der Waals surface area contributed by atoms with E-state index in [1.807, 2.05) is 18.3 Å². The summed E-state index contributed by atoms with van der Waals surface area (Å²) in [6, 6.07) is 6.15. The molecule has 0 amide bonds. The highest BCUT2D eigenvalue weighted by Crippen LogP contribution is 2.38. The molecule has 0 unspecified atom stereocenters. The van der Waals surface area contributed by atoms with Crippen LogP contribution in [0.2, 0.25) is 0 Å². The minimum absolute atomic E-state index is 0.835. The largest absolute Gasteiger partial charge is 0.379 e. The number of nitrogens with zero attached hydrogens (tertiary/aromatic N) is 1. The Labute approximate surface area is 89.7 Å². The summed E-state index contributed by atoms with van der Waals surface area (Å²) in [5.41, 5.74) is 4.66. The Morgan fingerprint density at radius 1 is 1.36 bits per heavy atom. The van der Waals surface area contributed by atoms with Gasteiger partial charge in [0.1, 0.15) is 0 Å². The lowest BCUT2D eigenvalue weighted by Crippen LogP contribution is -2.07. The third-order valence-electron chi connectivity index (χ3n) is 2.46. The first-order valence-electron chi connectivity index (χ1n) is 4.41. The summed E-state index contributed by atoms with van der Waals surface area (Å²) in [6.45, 7) is 0.835. The van der Waals surface area contributed by atoms with Crippen LogP contribution in [0.15, 0.2) is 28.9 Å². The van der Waals surface area contributed by atoms with Crippen molar-refractivity contribution in [2.24, 2.45) is 0 Å². The van der Waals surface area contributed by atoms with Gasteiger partial charge in [-0.15, -0.1) is 0 Å². The number of para-hydroxylation sites is 1. The van der Waals surface area contributed by atoms with Gasteiger partial charge in [0.25, 0.3) is 0 Å². The van der Waals surface area contributed by atoms with Gasteiger partial charge in [-0.1, -0.05) is 12.1 Å². The molecule has 14 heavy (non-hydrogen) atoms. The Balaban J connectivity index is 2.31. The first-order chi connectivity index (χ1) is 6.86. The van der Waals surface area contributed by atoms with Gasteiger partial charge in [-0.2, -0.15) is 5.10 Å². The zero-order chi connectivity index (χ0) is 9.54. The van der Waals surface area contributed by atoms with E-state index in [0.29, 0.717) is 0 Å². The van der Waals surface area contributed by atoms with Crippen LogP contribution in [0, 0.1) is 0 Å². The van der Waals surface area contributed by atoms with Crippen molar-refractivity contribution in [1.29, 1.82) is 0 Å². The highest BCUT2D eigenvalue weighted by atomic mass is 79.9. The van der Waals surface area contributed by atoms with E-state index in [-0.39, 0.29) is 0 Å². The maximum absolute atomic E-state index is 4.05.